The van der Waals surface area contributed by atoms with E-state index in [4.69, 9.17) is 0 Å². The van der Waals surface area contributed by atoms with Gasteiger partial charge in [0.15, 0.2) is 0 Å². The zero-order valence-electron chi connectivity index (χ0n) is 11.4. The van der Waals surface area contributed by atoms with Crippen LogP contribution in [0.2, 0.25) is 0 Å². The SMILES string of the molecule is CCNC(C1=CCCCCC1)c1c(F)cccc1Br. The highest BCUT2D eigenvalue weighted by molar-refractivity contribution is 9.10. The lowest BCUT2D eigenvalue weighted by molar-refractivity contribution is 0.538. The second-order valence-electron chi connectivity index (χ2n) is 5.00. The van der Waals surface area contributed by atoms with Crippen LogP contribution in [0.4, 0.5) is 4.39 Å². The summed E-state index contributed by atoms with van der Waals surface area (Å²) in [5, 5.41) is 3.44. The van der Waals surface area contributed by atoms with Crippen LogP contribution in [0.25, 0.3) is 0 Å². The molecule has 0 saturated carbocycles. The van der Waals surface area contributed by atoms with Crippen molar-refractivity contribution in [3.63, 3.8) is 0 Å². The van der Waals surface area contributed by atoms with Crippen LogP contribution < -0.4 is 5.32 Å². The van der Waals surface area contributed by atoms with E-state index in [1.807, 2.05) is 6.07 Å². The lowest BCUT2D eigenvalue weighted by Gasteiger charge is -2.23. The largest absolute Gasteiger partial charge is 0.307 e. The molecule has 1 aliphatic rings. The summed E-state index contributed by atoms with van der Waals surface area (Å²) in [6, 6.07) is 5.20. The number of hydrogen-bond acceptors (Lipinski definition) is 1. The summed E-state index contributed by atoms with van der Waals surface area (Å²) in [7, 11) is 0. The fraction of sp³-hybridized carbons (Fsp3) is 0.500. The molecule has 3 heteroatoms. The van der Waals surface area contributed by atoms with Crippen molar-refractivity contribution in [1.82, 2.24) is 5.32 Å². The fourth-order valence-corrected chi connectivity index (χ4v) is 3.28. The van der Waals surface area contributed by atoms with E-state index in [2.05, 4.69) is 34.2 Å². The van der Waals surface area contributed by atoms with Crippen LogP contribution in [-0.2, 0) is 0 Å². The third-order valence-electron chi connectivity index (χ3n) is 3.64. The molecule has 1 aliphatic carbocycles. The molecule has 0 saturated heterocycles. The summed E-state index contributed by atoms with van der Waals surface area (Å²) in [6.07, 6.45) is 8.22. The van der Waals surface area contributed by atoms with Crippen molar-refractivity contribution < 1.29 is 4.39 Å². The highest BCUT2D eigenvalue weighted by atomic mass is 79.9. The van der Waals surface area contributed by atoms with Gasteiger partial charge in [0.1, 0.15) is 5.82 Å². The highest BCUT2D eigenvalue weighted by Crippen LogP contribution is 2.34. The Bertz CT molecular complexity index is 436. The maximum Gasteiger partial charge on any atom is 0.129 e. The van der Waals surface area contributed by atoms with Gasteiger partial charge in [-0.25, -0.2) is 4.39 Å². The molecule has 0 heterocycles. The van der Waals surface area contributed by atoms with Gasteiger partial charge in [-0.15, -0.1) is 0 Å². The van der Waals surface area contributed by atoms with Crippen molar-refractivity contribution in [3.05, 3.63) is 45.7 Å². The van der Waals surface area contributed by atoms with E-state index in [0.717, 1.165) is 29.4 Å². The van der Waals surface area contributed by atoms with Crippen LogP contribution in [0.1, 0.15) is 50.6 Å². The third kappa shape index (κ3) is 3.67. The third-order valence-corrected chi connectivity index (χ3v) is 4.34. The molecule has 19 heavy (non-hydrogen) atoms. The number of allylic oxidation sites excluding steroid dienone is 1. The molecule has 1 aromatic carbocycles. The van der Waals surface area contributed by atoms with Crippen molar-refractivity contribution in [3.8, 4) is 0 Å². The molecule has 0 aliphatic heterocycles. The predicted octanol–water partition coefficient (Wildman–Crippen LogP) is 5.13. The Labute approximate surface area is 123 Å². The van der Waals surface area contributed by atoms with Gasteiger partial charge in [-0.05, 0) is 44.4 Å². The molecule has 1 nitrogen and oxygen atoms in total. The van der Waals surface area contributed by atoms with E-state index in [-0.39, 0.29) is 11.9 Å². The minimum Gasteiger partial charge on any atom is -0.307 e. The first-order chi connectivity index (χ1) is 9.24. The second-order valence-corrected chi connectivity index (χ2v) is 5.86. The number of rotatable bonds is 4. The predicted molar refractivity (Wildman–Crippen MR) is 81.7 cm³/mol. The van der Waals surface area contributed by atoms with E-state index in [9.17, 15) is 4.39 Å². The van der Waals surface area contributed by atoms with Gasteiger partial charge in [-0.2, -0.15) is 0 Å². The summed E-state index contributed by atoms with van der Waals surface area (Å²) in [5.74, 6) is -0.134. The van der Waals surface area contributed by atoms with Crippen LogP contribution in [0, 0.1) is 5.82 Å². The highest BCUT2D eigenvalue weighted by Gasteiger charge is 2.22. The molecule has 0 bridgehead atoms. The van der Waals surface area contributed by atoms with Crippen LogP contribution in [0.3, 0.4) is 0 Å². The van der Waals surface area contributed by atoms with Crippen molar-refractivity contribution in [2.75, 3.05) is 6.54 Å². The molecule has 1 N–H and O–H groups in total. The number of halogens is 2. The van der Waals surface area contributed by atoms with E-state index >= 15 is 0 Å². The standard InChI is InChI=1S/C16H21BrFN/c1-2-19-16(12-8-5-3-4-6-9-12)15-13(17)10-7-11-14(15)18/h7-8,10-11,16,19H,2-6,9H2,1H3. The topological polar surface area (TPSA) is 12.0 Å². The average Bonchev–Trinajstić information content (AvgIpc) is 2.66. The number of hydrogen-bond donors (Lipinski definition) is 1. The maximum atomic E-state index is 14.2. The van der Waals surface area contributed by atoms with Gasteiger partial charge in [0.25, 0.3) is 0 Å². The average molecular weight is 326 g/mol. The maximum absolute atomic E-state index is 14.2. The molecule has 1 atom stereocenters. The molecule has 0 aromatic heterocycles. The van der Waals surface area contributed by atoms with E-state index in [0.29, 0.717) is 0 Å². The van der Waals surface area contributed by atoms with Gasteiger partial charge >= 0.3 is 0 Å². The lowest BCUT2D eigenvalue weighted by Crippen LogP contribution is -2.24. The summed E-state index contributed by atoms with van der Waals surface area (Å²) in [5.41, 5.74) is 2.09. The normalized spacial score (nSPS) is 17.7. The monoisotopic (exact) mass is 325 g/mol. The molecular weight excluding hydrogens is 305 g/mol. The molecule has 0 amide bonds. The van der Waals surface area contributed by atoms with Gasteiger partial charge in [0.2, 0.25) is 0 Å². The van der Waals surface area contributed by atoms with Crippen molar-refractivity contribution in [1.29, 1.82) is 0 Å². The first-order valence-electron chi connectivity index (χ1n) is 7.10. The minimum absolute atomic E-state index is 0.00123. The van der Waals surface area contributed by atoms with Crippen LogP contribution in [0.15, 0.2) is 34.3 Å². The Balaban J connectivity index is 2.36. The van der Waals surface area contributed by atoms with Crippen LogP contribution >= 0.6 is 15.9 Å². The molecule has 1 unspecified atom stereocenters. The first kappa shape index (κ1) is 14.7. The van der Waals surface area contributed by atoms with Gasteiger partial charge < -0.3 is 5.32 Å². The minimum atomic E-state index is -0.134. The second kappa shape index (κ2) is 7.20. The Morgan fingerprint density at radius 3 is 2.89 bits per heavy atom. The van der Waals surface area contributed by atoms with E-state index < -0.39 is 0 Å². The molecule has 104 valence electrons. The van der Waals surface area contributed by atoms with E-state index in [1.54, 1.807) is 12.1 Å². The lowest BCUT2D eigenvalue weighted by atomic mass is 9.94. The van der Waals surface area contributed by atoms with Gasteiger partial charge in [0, 0.05) is 10.0 Å². The molecule has 0 radical (unpaired) electrons. The molecule has 1 aromatic rings. The first-order valence-corrected chi connectivity index (χ1v) is 7.89. The summed E-state index contributed by atoms with van der Waals surface area (Å²) in [6.45, 7) is 2.90. The molecular formula is C16H21BrFN. The summed E-state index contributed by atoms with van der Waals surface area (Å²) < 4.78 is 15.0. The Hall–Kier alpha value is -0.670. The zero-order chi connectivity index (χ0) is 13.7. The smallest absolute Gasteiger partial charge is 0.129 e. The quantitative estimate of drug-likeness (QED) is 0.757. The number of benzene rings is 1. The van der Waals surface area contributed by atoms with E-state index in [1.165, 1.54) is 24.8 Å². The van der Waals surface area contributed by atoms with Crippen molar-refractivity contribution >= 4 is 15.9 Å². The van der Waals surface area contributed by atoms with Gasteiger partial charge in [-0.1, -0.05) is 47.0 Å². The van der Waals surface area contributed by atoms with Crippen LogP contribution in [0.5, 0.6) is 0 Å². The van der Waals surface area contributed by atoms with Gasteiger partial charge in [-0.3, -0.25) is 0 Å². The molecule has 0 spiro atoms. The Morgan fingerprint density at radius 1 is 1.32 bits per heavy atom. The fourth-order valence-electron chi connectivity index (χ4n) is 2.71. The van der Waals surface area contributed by atoms with Crippen molar-refractivity contribution in [2.24, 2.45) is 0 Å². The zero-order valence-corrected chi connectivity index (χ0v) is 13.0. The van der Waals surface area contributed by atoms with Crippen molar-refractivity contribution in [2.45, 2.75) is 45.1 Å². The number of likely N-dealkylation sites (N-methyl/N-ethyl adjacent to an activating group) is 1. The molecule has 0 fully saturated rings. The molecule has 2 rings (SSSR count). The Kier molecular flexibility index (Phi) is 5.59. The van der Waals surface area contributed by atoms with Gasteiger partial charge in [0.05, 0.1) is 6.04 Å². The van der Waals surface area contributed by atoms with Crippen LogP contribution in [-0.4, -0.2) is 6.54 Å². The number of nitrogens with one attached hydrogen (secondary N) is 1. The Morgan fingerprint density at radius 2 is 2.16 bits per heavy atom. The summed E-state index contributed by atoms with van der Waals surface area (Å²) in [4.78, 5) is 0. The summed E-state index contributed by atoms with van der Waals surface area (Å²) >= 11 is 3.50.